The van der Waals surface area contributed by atoms with Gasteiger partial charge >= 0.3 is 0 Å². The van der Waals surface area contributed by atoms with Gasteiger partial charge in [0.1, 0.15) is 5.82 Å². The maximum Gasteiger partial charge on any atom is 0.123 e. The third-order valence-corrected chi connectivity index (χ3v) is 4.39. The Morgan fingerprint density at radius 1 is 1.37 bits per heavy atom. The summed E-state index contributed by atoms with van der Waals surface area (Å²) in [5, 5.41) is 3.49. The van der Waals surface area contributed by atoms with E-state index in [1.54, 1.807) is 12.1 Å². The Morgan fingerprint density at radius 2 is 2.05 bits per heavy atom. The van der Waals surface area contributed by atoms with Crippen LogP contribution in [-0.4, -0.2) is 17.2 Å². The molecule has 0 bridgehead atoms. The molecule has 2 nitrogen and oxygen atoms in total. The molecular weight excluding hydrogens is 309 g/mol. The summed E-state index contributed by atoms with van der Waals surface area (Å²) in [6.45, 7) is 9.04. The second kappa shape index (κ2) is 5.15. The van der Waals surface area contributed by atoms with Crippen molar-refractivity contribution in [1.82, 2.24) is 5.32 Å². The Kier molecular flexibility index (Phi) is 4.05. The highest BCUT2D eigenvalue weighted by Crippen LogP contribution is 2.37. The summed E-state index contributed by atoms with van der Waals surface area (Å²) in [7, 11) is 0. The topological polar surface area (TPSA) is 21.3 Å². The molecule has 1 heterocycles. The fourth-order valence-corrected chi connectivity index (χ4v) is 3.18. The van der Waals surface area contributed by atoms with Crippen molar-refractivity contribution < 1.29 is 9.13 Å². The van der Waals surface area contributed by atoms with Crippen LogP contribution in [0.5, 0.6) is 0 Å². The smallest absolute Gasteiger partial charge is 0.123 e. The van der Waals surface area contributed by atoms with Crippen molar-refractivity contribution in [2.75, 3.05) is 0 Å². The third-order valence-electron chi connectivity index (χ3n) is 3.62. The first-order valence-corrected chi connectivity index (χ1v) is 7.36. The van der Waals surface area contributed by atoms with Crippen molar-refractivity contribution >= 4 is 15.9 Å². The highest BCUT2D eigenvalue weighted by atomic mass is 79.9. The maximum atomic E-state index is 13.2. The van der Waals surface area contributed by atoms with Crippen molar-refractivity contribution in [2.45, 2.75) is 57.9 Å². The second-order valence-corrected chi connectivity index (χ2v) is 7.19. The molecule has 4 heteroatoms. The summed E-state index contributed by atoms with van der Waals surface area (Å²) in [5.41, 5.74) is 0.615. The molecule has 1 atom stereocenters. The minimum atomic E-state index is -0.206. The van der Waals surface area contributed by atoms with E-state index in [-0.39, 0.29) is 23.1 Å². The van der Waals surface area contributed by atoms with Crippen LogP contribution in [0.4, 0.5) is 4.39 Å². The molecule has 0 aliphatic carbocycles. The van der Waals surface area contributed by atoms with E-state index in [0.29, 0.717) is 6.54 Å². The first-order valence-electron chi connectivity index (χ1n) is 6.57. The summed E-state index contributed by atoms with van der Waals surface area (Å²) < 4.78 is 20.2. The summed E-state index contributed by atoms with van der Waals surface area (Å²) in [6, 6.07) is 5.02. The van der Waals surface area contributed by atoms with E-state index in [9.17, 15) is 4.39 Å². The SMILES string of the molecule is CC1(C)CC(NCc2cc(F)ccc2Br)C(C)(C)O1. The molecule has 0 spiro atoms. The van der Waals surface area contributed by atoms with Gasteiger partial charge in [0, 0.05) is 17.1 Å². The lowest BCUT2D eigenvalue weighted by atomic mass is 9.94. The largest absolute Gasteiger partial charge is 0.368 e. The van der Waals surface area contributed by atoms with Crippen LogP contribution in [0.1, 0.15) is 39.7 Å². The van der Waals surface area contributed by atoms with Gasteiger partial charge in [-0.15, -0.1) is 0 Å². The summed E-state index contributed by atoms with van der Waals surface area (Å²) in [6.07, 6.45) is 0.951. The van der Waals surface area contributed by atoms with Crippen molar-refractivity contribution in [3.8, 4) is 0 Å². The Hall–Kier alpha value is -0.450. The lowest BCUT2D eigenvalue weighted by molar-refractivity contribution is -0.0699. The van der Waals surface area contributed by atoms with Crippen LogP contribution < -0.4 is 5.32 Å². The molecule has 19 heavy (non-hydrogen) atoms. The van der Waals surface area contributed by atoms with E-state index in [1.165, 1.54) is 6.07 Å². The van der Waals surface area contributed by atoms with Gasteiger partial charge in [-0.05, 0) is 57.9 Å². The van der Waals surface area contributed by atoms with E-state index in [2.05, 4.69) is 48.9 Å². The molecule has 1 N–H and O–H groups in total. The summed E-state index contributed by atoms with van der Waals surface area (Å²) in [5.74, 6) is -0.206. The van der Waals surface area contributed by atoms with Gasteiger partial charge in [0.2, 0.25) is 0 Å². The fraction of sp³-hybridized carbons (Fsp3) is 0.600. The first-order chi connectivity index (χ1) is 8.70. The Bertz CT molecular complexity index is 473. The van der Waals surface area contributed by atoms with E-state index < -0.39 is 0 Å². The third kappa shape index (κ3) is 3.56. The first kappa shape index (κ1) is 14.9. The number of hydrogen-bond acceptors (Lipinski definition) is 2. The molecule has 0 aromatic heterocycles. The quantitative estimate of drug-likeness (QED) is 0.904. The summed E-state index contributed by atoms with van der Waals surface area (Å²) >= 11 is 3.45. The lowest BCUT2D eigenvalue weighted by Gasteiger charge is -2.28. The average molecular weight is 330 g/mol. The highest BCUT2D eigenvalue weighted by Gasteiger charge is 2.45. The van der Waals surface area contributed by atoms with Gasteiger partial charge in [-0.1, -0.05) is 15.9 Å². The minimum Gasteiger partial charge on any atom is -0.368 e. The standard InChI is InChI=1S/C15H21BrFNO/c1-14(2)8-13(15(3,4)19-14)18-9-10-7-11(17)5-6-12(10)16/h5-7,13,18H,8-9H2,1-4H3. The second-order valence-electron chi connectivity index (χ2n) is 6.34. The number of rotatable bonds is 3. The van der Waals surface area contributed by atoms with Gasteiger partial charge in [-0.25, -0.2) is 4.39 Å². The zero-order valence-electron chi connectivity index (χ0n) is 11.9. The van der Waals surface area contributed by atoms with E-state index >= 15 is 0 Å². The molecule has 2 rings (SSSR count). The molecule has 1 aliphatic rings. The van der Waals surface area contributed by atoms with Crippen molar-refractivity contribution in [3.63, 3.8) is 0 Å². The molecule has 1 aliphatic heterocycles. The van der Waals surface area contributed by atoms with Crippen molar-refractivity contribution in [2.24, 2.45) is 0 Å². The number of nitrogens with one attached hydrogen (secondary N) is 1. The predicted octanol–water partition coefficient (Wildman–Crippen LogP) is 4.02. The Morgan fingerprint density at radius 3 is 2.63 bits per heavy atom. The predicted molar refractivity (Wildman–Crippen MR) is 78.6 cm³/mol. The van der Waals surface area contributed by atoms with Crippen LogP contribution in [0.15, 0.2) is 22.7 Å². The Balaban J connectivity index is 2.05. The average Bonchev–Trinajstić information content (AvgIpc) is 2.48. The number of halogens is 2. The molecule has 0 radical (unpaired) electrons. The van der Waals surface area contributed by atoms with Gasteiger partial charge in [0.15, 0.2) is 0 Å². The van der Waals surface area contributed by atoms with Crippen LogP contribution in [0, 0.1) is 5.82 Å². The fourth-order valence-electron chi connectivity index (χ4n) is 2.79. The van der Waals surface area contributed by atoms with Crippen molar-refractivity contribution in [1.29, 1.82) is 0 Å². The van der Waals surface area contributed by atoms with Gasteiger partial charge in [-0.3, -0.25) is 0 Å². The molecule has 106 valence electrons. The number of benzene rings is 1. The van der Waals surface area contributed by atoms with Gasteiger partial charge in [0.05, 0.1) is 11.2 Å². The lowest BCUT2D eigenvalue weighted by Crippen LogP contribution is -2.43. The summed E-state index contributed by atoms with van der Waals surface area (Å²) in [4.78, 5) is 0. The molecule has 1 aromatic rings. The van der Waals surface area contributed by atoms with Gasteiger partial charge in [-0.2, -0.15) is 0 Å². The normalized spacial score (nSPS) is 24.6. The Labute approximate surface area is 122 Å². The molecule has 1 aromatic carbocycles. The van der Waals surface area contributed by atoms with E-state index in [4.69, 9.17) is 4.74 Å². The van der Waals surface area contributed by atoms with Crippen LogP contribution in [0.25, 0.3) is 0 Å². The monoisotopic (exact) mass is 329 g/mol. The molecule has 1 fully saturated rings. The zero-order valence-corrected chi connectivity index (χ0v) is 13.5. The van der Waals surface area contributed by atoms with Crippen LogP contribution in [0.3, 0.4) is 0 Å². The van der Waals surface area contributed by atoms with Crippen LogP contribution in [-0.2, 0) is 11.3 Å². The minimum absolute atomic E-state index is 0.111. The molecule has 0 amide bonds. The number of hydrogen-bond donors (Lipinski definition) is 1. The van der Waals surface area contributed by atoms with Gasteiger partial charge in [0.25, 0.3) is 0 Å². The molecular formula is C15H21BrFNO. The highest BCUT2D eigenvalue weighted by molar-refractivity contribution is 9.10. The maximum absolute atomic E-state index is 13.2. The molecule has 0 saturated carbocycles. The van der Waals surface area contributed by atoms with Gasteiger partial charge < -0.3 is 10.1 Å². The zero-order chi connectivity index (χ0) is 14.3. The van der Waals surface area contributed by atoms with Crippen LogP contribution >= 0.6 is 15.9 Å². The van der Waals surface area contributed by atoms with Crippen LogP contribution in [0.2, 0.25) is 0 Å². The van der Waals surface area contributed by atoms with E-state index in [0.717, 1.165) is 16.5 Å². The van der Waals surface area contributed by atoms with Crippen molar-refractivity contribution in [3.05, 3.63) is 34.1 Å². The molecule has 1 unspecified atom stereocenters. The molecule has 1 saturated heterocycles. The number of ether oxygens (including phenoxy) is 1. The van der Waals surface area contributed by atoms with E-state index in [1.807, 2.05) is 0 Å².